The van der Waals surface area contributed by atoms with Gasteiger partial charge >= 0.3 is 6.18 Å². The van der Waals surface area contributed by atoms with Crippen LogP contribution in [0.5, 0.6) is 0 Å². The predicted molar refractivity (Wildman–Crippen MR) is 46.3 cm³/mol. The molecule has 0 amide bonds. The quantitative estimate of drug-likeness (QED) is 0.623. The molecular formula is C10H17F3. The van der Waals surface area contributed by atoms with Gasteiger partial charge in [0.1, 0.15) is 0 Å². The van der Waals surface area contributed by atoms with E-state index in [-0.39, 0.29) is 0 Å². The molecule has 0 aromatic heterocycles. The van der Waals surface area contributed by atoms with Crippen LogP contribution in [-0.4, -0.2) is 6.18 Å². The van der Waals surface area contributed by atoms with Crippen LogP contribution in [0.15, 0.2) is 0 Å². The number of halogens is 3. The summed E-state index contributed by atoms with van der Waals surface area (Å²) >= 11 is 0. The van der Waals surface area contributed by atoms with Crippen LogP contribution in [0.3, 0.4) is 0 Å². The molecule has 0 aliphatic heterocycles. The van der Waals surface area contributed by atoms with Crippen LogP contribution in [-0.2, 0) is 0 Å². The molecular weight excluding hydrogens is 177 g/mol. The van der Waals surface area contributed by atoms with Gasteiger partial charge in [0.25, 0.3) is 0 Å². The fraction of sp³-hybridized carbons (Fsp3) is 1.00. The minimum absolute atomic E-state index is 0.302. The van der Waals surface area contributed by atoms with E-state index < -0.39 is 12.6 Å². The second kappa shape index (κ2) is 3.89. The Kier molecular flexibility index (Phi) is 3.25. The van der Waals surface area contributed by atoms with Gasteiger partial charge in [-0.05, 0) is 37.0 Å². The van der Waals surface area contributed by atoms with Gasteiger partial charge in [-0.15, -0.1) is 0 Å². The molecule has 3 unspecified atom stereocenters. The molecule has 3 atom stereocenters. The average molecular weight is 194 g/mol. The summed E-state index contributed by atoms with van der Waals surface area (Å²) in [6, 6.07) is 0. The van der Waals surface area contributed by atoms with Crippen molar-refractivity contribution in [2.45, 2.75) is 45.7 Å². The van der Waals surface area contributed by atoms with E-state index in [0.717, 1.165) is 12.8 Å². The Morgan fingerprint density at radius 3 is 2.15 bits per heavy atom. The molecule has 0 bridgehead atoms. The summed E-state index contributed by atoms with van der Waals surface area (Å²) in [4.78, 5) is 0. The smallest absolute Gasteiger partial charge is 0.171 e. The van der Waals surface area contributed by atoms with E-state index in [1.807, 2.05) is 0 Å². The van der Waals surface area contributed by atoms with E-state index in [1.165, 1.54) is 0 Å². The molecule has 1 aliphatic carbocycles. The highest BCUT2D eigenvalue weighted by molar-refractivity contribution is 4.79. The molecule has 0 spiro atoms. The topological polar surface area (TPSA) is 0 Å². The minimum atomic E-state index is -3.97. The van der Waals surface area contributed by atoms with Crippen LogP contribution in [0, 0.1) is 17.8 Å². The van der Waals surface area contributed by atoms with Gasteiger partial charge < -0.3 is 0 Å². The predicted octanol–water partition coefficient (Wildman–Crippen LogP) is 4.01. The molecule has 13 heavy (non-hydrogen) atoms. The van der Waals surface area contributed by atoms with E-state index in [0.29, 0.717) is 24.2 Å². The maximum absolute atomic E-state index is 11.9. The summed E-state index contributed by atoms with van der Waals surface area (Å²) in [5, 5.41) is 0. The standard InChI is InChI=1S/C10H17F3/c1-7-5-8(2)9(6-7)3-4-10(11,12)13/h7-9H,3-6H2,1-2H3. The molecule has 1 saturated carbocycles. The second-order valence-electron chi connectivity index (χ2n) is 4.47. The van der Waals surface area contributed by atoms with Gasteiger partial charge in [-0.3, -0.25) is 0 Å². The van der Waals surface area contributed by atoms with Crippen molar-refractivity contribution in [1.29, 1.82) is 0 Å². The molecule has 0 saturated heterocycles. The van der Waals surface area contributed by atoms with E-state index in [2.05, 4.69) is 13.8 Å². The lowest BCUT2D eigenvalue weighted by molar-refractivity contribution is -0.138. The zero-order valence-electron chi connectivity index (χ0n) is 8.19. The van der Waals surface area contributed by atoms with Crippen molar-refractivity contribution in [1.82, 2.24) is 0 Å². The van der Waals surface area contributed by atoms with Crippen molar-refractivity contribution >= 4 is 0 Å². The molecule has 0 nitrogen and oxygen atoms in total. The number of hydrogen-bond donors (Lipinski definition) is 0. The van der Waals surface area contributed by atoms with E-state index in [4.69, 9.17) is 0 Å². The first-order valence-electron chi connectivity index (χ1n) is 4.95. The molecule has 0 heterocycles. The van der Waals surface area contributed by atoms with Gasteiger partial charge in [-0.2, -0.15) is 13.2 Å². The molecule has 0 aromatic rings. The lowest BCUT2D eigenvalue weighted by Gasteiger charge is -2.15. The Labute approximate surface area is 77.5 Å². The molecule has 1 rings (SSSR count). The van der Waals surface area contributed by atoms with Gasteiger partial charge in [0.15, 0.2) is 0 Å². The third-order valence-electron chi connectivity index (χ3n) is 3.08. The number of hydrogen-bond acceptors (Lipinski definition) is 0. The first-order valence-corrected chi connectivity index (χ1v) is 4.95. The fourth-order valence-corrected chi connectivity index (χ4v) is 2.42. The molecule has 78 valence electrons. The van der Waals surface area contributed by atoms with Crippen molar-refractivity contribution < 1.29 is 13.2 Å². The molecule has 3 heteroatoms. The van der Waals surface area contributed by atoms with Crippen LogP contribution in [0.25, 0.3) is 0 Å². The highest BCUT2D eigenvalue weighted by atomic mass is 19.4. The van der Waals surface area contributed by atoms with Gasteiger partial charge in [-0.25, -0.2) is 0 Å². The summed E-state index contributed by atoms with van der Waals surface area (Å²) in [7, 11) is 0. The third-order valence-corrected chi connectivity index (χ3v) is 3.08. The van der Waals surface area contributed by atoms with E-state index >= 15 is 0 Å². The van der Waals surface area contributed by atoms with Crippen LogP contribution in [0.1, 0.15) is 39.5 Å². The zero-order chi connectivity index (χ0) is 10.1. The average Bonchev–Trinajstić information content (AvgIpc) is 2.24. The van der Waals surface area contributed by atoms with Gasteiger partial charge in [0.05, 0.1) is 0 Å². The molecule has 0 aromatic carbocycles. The molecule has 1 aliphatic rings. The van der Waals surface area contributed by atoms with Crippen LogP contribution in [0.4, 0.5) is 13.2 Å². The first kappa shape index (κ1) is 10.9. The van der Waals surface area contributed by atoms with Crippen molar-refractivity contribution in [2.24, 2.45) is 17.8 Å². The molecule has 0 N–H and O–H groups in total. The molecule has 0 radical (unpaired) electrons. The van der Waals surface area contributed by atoms with Crippen LogP contribution in [0.2, 0.25) is 0 Å². The summed E-state index contributed by atoms with van der Waals surface area (Å²) in [6.07, 6.45) is -2.16. The Morgan fingerprint density at radius 1 is 1.15 bits per heavy atom. The Hall–Kier alpha value is -0.210. The largest absolute Gasteiger partial charge is 0.389 e. The van der Waals surface area contributed by atoms with E-state index in [9.17, 15) is 13.2 Å². The van der Waals surface area contributed by atoms with Crippen LogP contribution >= 0.6 is 0 Å². The van der Waals surface area contributed by atoms with Crippen LogP contribution < -0.4 is 0 Å². The van der Waals surface area contributed by atoms with E-state index in [1.54, 1.807) is 0 Å². The minimum Gasteiger partial charge on any atom is -0.171 e. The monoisotopic (exact) mass is 194 g/mol. The highest BCUT2D eigenvalue weighted by Gasteiger charge is 2.33. The third kappa shape index (κ3) is 3.57. The zero-order valence-corrected chi connectivity index (χ0v) is 8.19. The number of alkyl halides is 3. The Balaban J connectivity index is 2.30. The summed E-state index contributed by atoms with van der Waals surface area (Å²) in [6.45, 7) is 4.20. The van der Waals surface area contributed by atoms with Crippen molar-refractivity contribution in [2.75, 3.05) is 0 Å². The highest BCUT2D eigenvalue weighted by Crippen LogP contribution is 2.40. The lowest BCUT2D eigenvalue weighted by atomic mass is 9.93. The van der Waals surface area contributed by atoms with Crippen molar-refractivity contribution in [3.05, 3.63) is 0 Å². The van der Waals surface area contributed by atoms with Gasteiger partial charge in [-0.1, -0.05) is 13.8 Å². The lowest BCUT2D eigenvalue weighted by Crippen LogP contribution is -2.12. The Bertz CT molecular complexity index is 162. The summed E-state index contributed by atoms with van der Waals surface area (Å²) in [5.41, 5.74) is 0. The Morgan fingerprint density at radius 2 is 1.77 bits per heavy atom. The van der Waals surface area contributed by atoms with Gasteiger partial charge in [0, 0.05) is 6.42 Å². The van der Waals surface area contributed by atoms with Crippen molar-refractivity contribution in [3.8, 4) is 0 Å². The van der Waals surface area contributed by atoms with Gasteiger partial charge in [0.2, 0.25) is 0 Å². The maximum Gasteiger partial charge on any atom is 0.389 e. The van der Waals surface area contributed by atoms with Crippen molar-refractivity contribution in [3.63, 3.8) is 0 Å². The fourth-order valence-electron chi connectivity index (χ4n) is 2.42. The number of rotatable bonds is 2. The summed E-state index contributed by atoms with van der Waals surface area (Å²) < 4.78 is 35.8. The normalized spacial score (nSPS) is 35.3. The maximum atomic E-state index is 11.9. The second-order valence-corrected chi connectivity index (χ2v) is 4.47. The SMILES string of the molecule is CC1CC(C)C(CCC(F)(F)F)C1. The molecule has 1 fully saturated rings. The summed E-state index contributed by atoms with van der Waals surface area (Å²) in [5.74, 6) is 1.40. The first-order chi connectivity index (χ1) is 5.88.